The van der Waals surface area contributed by atoms with Crippen molar-refractivity contribution in [3.63, 3.8) is 0 Å². The standard InChI is InChI=1S/C22H18N4O2S/c1-29-19-9-5-8-18(14-19)24-22(27)23-17-12-10-16(11-13-17)21-26-25-20(28-21)15-6-3-2-4-7-15/h2-14H,1H3,(H2,23,24,27). The number of aromatic nitrogens is 2. The van der Waals surface area contributed by atoms with Crippen LogP contribution in [-0.4, -0.2) is 22.5 Å². The molecule has 0 spiro atoms. The van der Waals surface area contributed by atoms with Crippen molar-refractivity contribution in [3.8, 4) is 22.9 Å². The van der Waals surface area contributed by atoms with Crippen molar-refractivity contribution in [3.05, 3.63) is 78.9 Å². The molecular weight excluding hydrogens is 384 g/mol. The van der Waals surface area contributed by atoms with Crippen molar-refractivity contribution in [2.75, 3.05) is 16.9 Å². The van der Waals surface area contributed by atoms with Gasteiger partial charge in [-0.25, -0.2) is 4.79 Å². The summed E-state index contributed by atoms with van der Waals surface area (Å²) in [6.07, 6.45) is 1.99. The number of hydrogen-bond donors (Lipinski definition) is 2. The van der Waals surface area contributed by atoms with Gasteiger partial charge in [0.25, 0.3) is 0 Å². The van der Waals surface area contributed by atoms with Crippen LogP contribution in [0, 0.1) is 0 Å². The maximum atomic E-state index is 12.2. The van der Waals surface area contributed by atoms with Gasteiger partial charge in [-0.15, -0.1) is 22.0 Å². The van der Waals surface area contributed by atoms with Crippen molar-refractivity contribution in [2.24, 2.45) is 0 Å². The minimum atomic E-state index is -0.305. The van der Waals surface area contributed by atoms with E-state index in [1.54, 1.807) is 23.9 Å². The van der Waals surface area contributed by atoms with E-state index >= 15 is 0 Å². The summed E-state index contributed by atoms with van der Waals surface area (Å²) in [7, 11) is 0. The molecule has 0 aliphatic heterocycles. The van der Waals surface area contributed by atoms with Crippen molar-refractivity contribution in [2.45, 2.75) is 4.90 Å². The molecule has 29 heavy (non-hydrogen) atoms. The van der Waals surface area contributed by atoms with Crippen LogP contribution in [0.25, 0.3) is 22.9 Å². The van der Waals surface area contributed by atoms with Gasteiger partial charge in [0.15, 0.2) is 0 Å². The van der Waals surface area contributed by atoms with E-state index in [1.165, 1.54) is 0 Å². The first kappa shape index (κ1) is 18.8. The van der Waals surface area contributed by atoms with Gasteiger partial charge in [-0.3, -0.25) is 0 Å². The normalized spacial score (nSPS) is 10.5. The minimum absolute atomic E-state index is 0.305. The zero-order valence-electron chi connectivity index (χ0n) is 15.6. The lowest BCUT2D eigenvalue weighted by Gasteiger charge is -2.08. The number of benzene rings is 3. The molecule has 0 aliphatic carbocycles. The van der Waals surface area contributed by atoms with Crippen LogP contribution < -0.4 is 10.6 Å². The Morgan fingerprint density at radius 3 is 2.14 bits per heavy atom. The predicted molar refractivity (Wildman–Crippen MR) is 116 cm³/mol. The van der Waals surface area contributed by atoms with Gasteiger partial charge in [0.05, 0.1) is 0 Å². The second-order valence-corrected chi connectivity index (χ2v) is 7.05. The van der Waals surface area contributed by atoms with Crippen LogP contribution >= 0.6 is 11.8 Å². The van der Waals surface area contributed by atoms with Gasteiger partial charge in [0, 0.05) is 27.4 Å². The summed E-state index contributed by atoms with van der Waals surface area (Å²) in [5.41, 5.74) is 3.05. The molecule has 0 bridgehead atoms. The minimum Gasteiger partial charge on any atom is -0.416 e. The van der Waals surface area contributed by atoms with Crippen LogP contribution in [0.1, 0.15) is 0 Å². The van der Waals surface area contributed by atoms with E-state index in [0.717, 1.165) is 21.7 Å². The fourth-order valence-electron chi connectivity index (χ4n) is 2.73. The van der Waals surface area contributed by atoms with Gasteiger partial charge in [-0.05, 0) is 60.9 Å². The number of hydrogen-bond acceptors (Lipinski definition) is 5. The number of nitrogens with zero attached hydrogens (tertiary/aromatic N) is 2. The average molecular weight is 402 g/mol. The Balaban J connectivity index is 1.41. The van der Waals surface area contributed by atoms with Crippen LogP contribution in [0.2, 0.25) is 0 Å². The average Bonchev–Trinajstić information content (AvgIpc) is 3.25. The molecule has 0 atom stereocenters. The third kappa shape index (κ3) is 4.64. The first-order chi connectivity index (χ1) is 14.2. The number of amides is 2. The van der Waals surface area contributed by atoms with Crippen molar-refractivity contribution in [1.29, 1.82) is 0 Å². The Morgan fingerprint density at radius 2 is 1.45 bits per heavy atom. The summed E-state index contributed by atoms with van der Waals surface area (Å²) in [6.45, 7) is 0. The fourth-order valence-corrected chi connectivity index (χ4v) is 3.19. The quantitative estimate of drug-likeness (QED) is 0.414. The van der Waals surface area contributed by atoms with Crippen LogP contribution in [0.15, 0.2) is 88.2 Å². The highest BCUT2D eigenvalue weighted by molar-refractivity contribution is 7.98. The number of thioether (sulfide) groups is 1. The van der Waals surface area contributed by atoms with Crippen molar-refractivity contribution in [1.82, 2.24) is 10.2 Å². The van der Waals surface area contributed by atoms with Gasteiger partial charge < -0.3 is 15.1 Å². The van der Waals surface area contributed by atoms with Gasteiger partial charge in [0.2, 0.25) is 11.8 Å². The molecule has 144 valence electrons. The Labute approximate surface area is 172 Å². The van der Waals surface area contributed by atoms with E-state index in [9.17, 15) is 4.79 Å². The zero-order chi connectivity index (χ0) is 20.1. The molecule has 1 heterocycles. The number of urea groups is 1. The molecule has 0 fully saturated rings. The molecule has 4 rings (SSSR count). The van der Waals surface area contributed by atoms with Crippen LogP contribution in [0.3, 0.4) is 0 Å². The summed E-state index contributed by atoms with van der Waals surface area (Å²) in [5.74, 6) is 0.892. The topological polar surface area (TPSA) is 80.0 Å². The Morgan fingerprint density at radius 1 is 0.793 bits per heavy atom. The summed E-state index contributed by atoms with van der Waals surface area (Å²) in [4.78, 5) is 13.3. The molecule has 2 amide bonds. The zero-order valence-corrected chi connectivity index (χ0v) is 16.4. The van der Waals surface area contributed by atoms with E-state index < -0.39 is 0 Å². The molecule has 2 N–H and O–H groups in total. The maximum Gasteiger partial charge on any atom is 0.323 e. The van der Waals surface area contributed by atoms with Crippen molar-refractivity contribution >= 4 is 29.2 Å². The summed E-state index contributed by atoms with van der Waals surface area (Å²) in [6, 6.07) is 24.2. The number of carbonyl (C=O) groups excluding carboxylic acids is 1. The highest BCUT2D eigenvalue weighted by atomic mass is 32.2. The molecule has 3 aromatic carbocycles. The number of anilines is 2. The third-order valence-corrected chi connectivity index (χ3v) is 4.89. The lowest BCUT2D eigenvalue weighted by molar-refractivity contribution is 0.262. The Hall–Kier alpha value is -3.58. The molecule has 0 aliphatic rings. The van der Waals surface area contributed by atoms with Crippen LogP contribution in [0.4, 0.5) is 16.2 Å². The lowest BCUT2D eigenvalue weighted by Crippen LogP contribution is -2.19. The van der Waals surface area contributed by atoms with Crippen LogP contribution in [-0.2, 0) is 0 Å². The smallest absolute Gasteiger partial charge is 0.323 e. The molecular formula is C22H18N4O2S. The summed E-state index contributed by atoms with van der Waals surface area (Å²) >= 11 is 1.62. The van der Waals surface area contributed by atoms with Crippen LogP contribution in [0.5, 0.6) is 0 Å². The van der Waals surface area contributed by atoms with E-state index in [-0.39, 0.29) is 6.03 Å². The Bertz CT molecular complexity index is 1110. The molecule has 0 saturated carbocycles. The molecule has 6 nitrogen and oxygen atoms in total. The summed E-state index contributed by atoms with van der Waals surface area (Å²) in [5, 5.41) is 13.8. The van der Waals surface area contributed by atoms with Gasteiger partial charge in [-0.2, -0.15) is 0 Å². The first-order valence-corrected chi connectivity index (χ1v) is 10.2. The monoisotopic (exact) mass is 402 g/mol. The number of rotatable bonds is 5. The second kappa shape index (κ2) is 8.62. The molecule has 0 radical (unpaired) electrons. The highest BCUT2D eigenvalue weighted by Gasteiger charge is 2.10. The SMILES string of the molecule is CSc1cccc(NC(=O)Nc2ccc(-c3nnc(-c4ccccc4)o3)cc2)c1. The molecule has 0 saturated heterocycles. The number of nitrogens with one attached hydrogen (secondary N) is 2. The maximum absolute atomic E-state index is 12.2. The largest absolute Gasteiger partial charge is 0.416 e. The summed E-state index contributed by atoms with van der Waals surface area (Å²) < 4.78 is 5.75. The van der Waals surface area contributed by atoms with E-state index in [1.807, 2.05) is 73.0 Å². The molecule has 0 unspecified atom stereocenters. The second-order valence-electron chi connectivity index (χ2n) is 6.17. The van der Waals surface area contributed by atoms with E-state index in [2.05, 4.69) is 20.8 Å². The fraction of sp³-hybridized carbons (Fsp3) is 0.0455. The predicted octanol–water partition coefficient (Wildman–Crippen LogP) is 5.77. The van der Waals surface area contributed by atoms with E-state index in [4.69, 9.17) is 4.42 Å². The first-order valence-electron chi connectivity index (χ1n) is 8.93. The molecule has 7 heteroatoms. The van der Waals surface area contributed by atoms with Gasteiger partial charge in [-0.1, -0.05) is 24.3 Å². The number of carbonyl (C=O) groups is 1. The highest BCUT2D eigenvalue weighted by Crippen LogP contribution is 2.25. The van der Waals surface area contributed by atoms with Gasteiger partial charge in [0.1, 0.15) is 0 Å². The Kier molecular flexibility index (Phi) is 5.58. The molecule has 1 aromatic heterocycles. The molecule has 4 aromatic rings. The van der Waals surface area contributed by atoms with E-state index in [0.29, 0.717) is 17.5 Å². The lowest BCUT2D eigenvalue weighted by atomic mass is 10.2. The third-order valence-electron chi connectivity index (χ3n) is 4.16. The van der Waals surface area contributed by atoms with Gasteiger partial charge >= 0.3 is 6.03 Å². The van der Waals surface area contributed by atoms with Crippen molar-refractivity contribution < 1.29 is 9.21 Å².